The van der Waals surface area contributed by atoms with Crippen molar-refractivity contribution in [1.29, 1.82) is 10.5 Å². The summed E-state index contributed by atoms with van der Waals surface area (Å²) in [4.78, 5) is 25.3. The molecular weight excluding hydrogens is 362 g/mol. The first-order chi connectivity index (χ1) is 13.9. The average molecular weight is 383 g/mol. The second-order valence-electron chi connectivity index (χ2n) is 8.95. The van der Waals surface area contributed by atoms with Crippen molar-refractivity contribution in [2.45, 2.75) is 57.4 Å². The zero-order valence-corrected chi connectivity index (χ0v) is 16.7. The van der Waals surface area contributed by atoms with Crippen LogP contribution in [-0.4, -0.2) is 21.9 Å². The van der Waals surface area contributed by atoms with Crippen molar-refractivity contribution in [3.63, 3.8) is 0 Å². The summed E-state index contributed by atoms with van der Waals surface area (Å²) in [6.45, 7) is 6.29. The molecule has 0 N–H and O–H groups in total. The average Bonchev–Trinajstić information content (AvgIpc) is 3.26. The molecule has 6 heteroatoms. The molecular formula is C23H21N5O. The molecule has 3 aliphatic rings. The van der Waals surface area contributed by atoms with Crippen LogP contribution < -0.4 is 4.90 Å². The number of fused-ring (bicyclic) bond motifs is 6. The van der Waals surface area contributed by atoms with Gasteiger partial charge in [0.25, 0.3) is 0 Å². The lowest BCUT2D eigenvalue weighted by molar-refractivity contribution is -0.127. The second kappa shape index (κ2) is 5.64. The molecule has 6 nitrogen and oxygen atoms in total. The van der Waals surface area contributed by atoms with Crippen molar-refractivity contribution in [2.75, 3.05) is 4.90 Å². The Morgan fingerprint density at radius 1 is 1.17 bits per heavy atom. The maximum absolute atomic E-state index is 14.2. The topological polar surface area (TPSA) is 93.7 Å². The molecule has 5 rings (SSSR count). The fourth-order valence-corrected chi connectivity index (χ4v) is 5.97. The van der Waals surface area contributed by atoms with Gasteiger partial charge in [0.15, 0.2) is 11.4 Å². The van der Waals surface area contributed by atoms with E-state index in [1.54, 1.807) is 0 Å². The predicted molar refractivity (Wildman–Crippen MR) is 106 cm³/mol. The first kappa shape index (κ1) is 17.8. The van der Waals surface area contributed by atoms with Crippen LogP contribution in [0.25, 0.3) is 0 Å². The number of amides is 1. The lowest BCUT2D eigenvalue weighted by Crippen LogP contribution is -2.53. The molecule has 1 amide bonds. The van der Waals surface area contributed by atoms with E-state index in [1.165, 1.54) is 5.56 Å². The number of carbonyl (C=O) groups excluding carboxylic acids is 1. The SMILES string of the molecule is CC1Cc2ccccc2N1C(=O)C12CCC(c3nc(C#N)c(C#N)nc31)C2(C)C. The number of benzene rings is 1. The van der Waals surface area contributed by atoms with E-state index in [0.717, 1.165) is 24.2 Å². The Labute approximate surface area is 169 Å². The normalized spacial score (nSPS) is 27.8. The summed E-state index contributed by atoms with van der Waals surface area (Å²) < 4.78 is 0. The molecule has 2 aliphatic carbocycles. The van der Waals surface area contributed by atoms with Crippen molar-refractivity contribution in [3.8, 4) is 12.1 Å². The number of nitrogens with zero attached hydrogens (tertiary/aromatic N) is 5. The number of para-hydroxylation sites is 1. The van der Waals surface area contributed by atoms with E-state index in [9.17, 15) is 15.3 Å². The highest BCUT2D eigenvalue weighted by Crippen LogP contribution is 2.67. The highest BCUT2D eigenvalue weighted by atomic mass is 16.2. The first-order valence-electron chi connectivity index (χ1n) is 10.0. The van der Waals surface area contributed by atoms with E-state index in [2.05, 4.69) is 36.8 Å². The van der Waals surface area contributed by atoms with Gasteiger partial charge >= 0.3 is 0 Å². The van der Waals surface area contributed by atoms with Crippen LogP contribution >= 0.6 is 0 Å². The molecule has 1 aliphatic heterocycles. The highest BCUT2D eigenvalue weighted by Gasteiger charge is 2.69. The van der Waals surface area contributed by atoms with Crippen LogP contribution in [0.2, 0.25) is 0 Å². The van der Waals surface area contributed by atoms with Gasteiger partial charge in [0.2, 0.25) is 5.91 Å². The molecule has 2 aromatic rings. The maximum atomic E-state index is 14.2. The van der Waals surface area contributed by atoms with Crippen LogP contribution in [0.4, 0.5) is 5.69 Å². The van der Waals surface area contributed by atoms with Gasteiger partial charge in [-0.05, 0) is 43.2 Å². The molecule has 1 saturated carbocycles. The van der Waals surface area contributed by atoms with Crippen LogP contribution in [0.3, 0.4) is 0 Å². The smallest absolute Gasteiger partial charge is 0.240 e. The van der Waals surface area contributed by atoms with E-state index in [-0.39, 0.29) is 34.7 Å². The van der Waals surface area contributed by atoms with Gasteiger partial charge in [-0.3, -0.25) is 4.79 Å². The van der Waals surface area contributed by atoms with Gasteiger partial charge in [-0.15, -0.1) is 0 Å². The third-order valence-electron chi connectivity index (χ3n) is 7.44. The van der Waals surface area contributed by atoms with Gasteiger partial charge in [0.05, 0.1) is 16.8 Å². The number of aromatic nitrogens is 2. The molecule has 1 fully saturated rings. The molecule has 2 bridgehead atoms. The molecule has 0 saturated heterocycles. The van der Waals surface area contributed by atoms with E-state index in [4.69, 9.17) is 0 Å². The minimum Gasteiger partial charge on any atom is -0.308 e. The lowest BCUT2D eigenvalue weighted by atomic mass is 9.67. The van der Waals surface area contributed by atoms with Crippen molar-refractivity contribution < 1.29 is 4.79 Å². The molecule has 144 valence electrons. The third kappa shape index (κ3) is 1.96. The minimum atomic E-state index is -0.828. The van der Waals surface area contributed by atoms with Gasteiger partial charge in [0, 0.05) is 17.6 Å². The van der Waals surface area contributed by atoms with E-state index >= 15 is 0 Å². The number of anilines is 1. The Kier molecular flexibility index (Phi) is 3.47. The first-order valence-corrected chi connectivity index (χ1v) is 10.0. The zero-order valence-electron chi connectivity index (χ0n) is 16.7. The summed E-state index contributed by atoms with van der Waals surface area (Å²) in [6.07, 6.45) is 2.35. The fourth-order valence-electron chi connectivity index (χ4n) is 5.97. The molecule has 1 aromatic heterocycles. The molecule has 0 spiro atoms. The summed E-state index contributed by atoms with van der Waals surface area (Å²) in [5.74, 6) is 0.103. The largest absolute Gasteiger partial charge is 0.308 e. The van der Waals surface area contributed by atoms with Crippen LogP contribution in [0.1, 0.15) is 67.9 Å². The second-order valence-corrected chi connectivity index (χ2v) is 8.95. The Bertz CT molecular complexity index is 1150. The summed E-state index contributed by atoms with van der Waals surface area (Å²) in [6, 6.07) is 12.1. The van der Waals surface area contributed by atoms with Gasteiger partial charge in [-0.1, -0.05) is 32.0 Å². The number of hydrogen-bond acceptors (Lipinski definition) is 5. The lowest BCUT2D eigenvalue weighted by Gasteiger charge is -2.40. The maximum Gasteiger partial charge on any atom is 0.240 e. The van der Waals surface area contributed by atoms with Crippen LogP contribution in [0, 0.1) is 28.1 Å². The van der Waals surface area contributed by atoms with Crippen LogP contribution in [0.5, 0.6) is 0 Å². The van der Waals surface area contributed by atoms with Gasteiger partial charge < -0.3 is 4.90 Å². The van der Waals surface area contributed by atoms with E-state index in [1.807, 2.05) is 35.2 Å². The molecule has 3 unspecified atom stereocenters. The quantitative estimate of drug-likeness (QED) is 0.753. The minimum absolute atomic E-state index is 0.0108. The monoisotopic (exact) mass is 383 g/mol. The number of rotatable bonds is 1. The van der Waals surface area contributed by atoms with E-state index in [0.29, 0.717) is 12.1 Å². The van der Waals surface area contributed by atoms with Crippen molar-refractivity contribution in [3.05, 3.63) is 52.6 Å². The zero-order chi connectivity index (χ0) is 20.6. The molecule has 29 heavy (non-hydrogen) atoms. The summed E-state index contributed by atoms with van der Waals surface area (Å²) in [7, 11) is 0. The van der Waals surface area contributed by atoms with E-state index < -0.39 is 5.41 Å². The van der Waals surface area contributed by atoms with Gasteiger partial charge in [0.1, 0.15) is 12.1 Å². The Morgan fingerprint density at radius 3 is 2.59 bits per heavy atom. The number of hydrogen-bond donors (Lipinski definition) is 0. The molecule has 0 radical (unpaired) electrons. The van der Waals surface area contributed by atoms with Gasteiger partial charge in [-0.25, -0.2) is 9.97 Å². The Morgan fingerprint density at radius 2 is 1.86 bits per heavy atom. The number of carbonyl (C=O) groups is 1. The van der Waals surface area contributed by atoms with Crippen molar-refractivity contribution >= 4 is 11.6 Å². The standard InChI is InChI=1S/C23H21N5O/c1-13-10-14-6-4-5-7-18(14)28(13)21(29)23-9-8-15(22(23,2)3)19-20(23)27-17(12-25)16(11-24)26-19/h4-7,13,15H,8-10H2,1-3H3. The molecule has 1 aromatic carbocycles. The summed E-state index contributed by atoms with van der Waals surface area (Å²) in [5.41, 5.74) is 2.33. The third-order valence-corrected chi connectivity index (χ3v) is 7.44. The fraction of sp³-hybridized carbons (Fsp3) is 0.435. The van der Waals surface area contributed by atoms with Crippen LogP contribution in [0.15, 0.2) is 24.3 Å². The van der Waals surface area contributed by atoms with Gasteiger partial charge in [-0.2, -0.15) is 10.5 Å². The van der Waals surface area contributed by atoms with Crippen molar-refractivity contribution in [2.24, 2.45) is 5.41 Å². The predicted octanol–water partition coefficient (Wildman–Crippen LogP) is 3.35. The van der Waals surface area contributed by atoms with Crippen LogP contribution in [-0.2, 0) is 16.6 Å². The highest BCUT2D eigenvalue weighted by molar-refractivity contribution is 6.05. The summed E-state index contributed by atoms with van der Waals surface area (Å²) in [5, 5.41) is 18.9. The number of nitriles is 2. The molecule has 3 atom stereocenters. The Hall–Kier alpha value is -3.25. The summed E-state index contributed by atoms with van der Waals surface area (Å²) >= 11 is 0. The molecule has 2 heterocycles. The van der Waals surface area contributed by atoms with Crippen molar-refractivity contribution in [1.82, 2.24) is 9.97 Å². The Balaban J connectivity index is 1.73.